The third kappa shape index (κ3) is 4.43. The number of imide groups is 1. The summed E-state index contributed by atoms with van der Waals surface area (Å²) in [7, 11) is 0. The van der Waals surface area contributed by atoms with Crippen molar-refractivity contribution in [1.82, 2.24) is 10.2 Å². The zero-order valence-corrected chi connectivity index (χ0v) is 12.1. The van der Waals surface area contributed by atoms with Crippen LogP contribution in [0.2, 0.25) is 0 Å². The third-order valence-corrected chi connectivity index (χ3v) is 3.15. The van der Waals surface area contributed by atoms with Crippen molar-refractivity contribution in [2.45, 2.75) is 13.1 Å². The van der Waals surface area contributed by atoms with Gasteiger partial charge >= 0.3 is 6.03 Å². The molecule has 0 saturated carbocycles. The molecule has 5 heteroatoms. The second-order valence-electron chi connectivity index (χ2n) is 4.77. The van der Waals surface area contributed by atoms with Crippen LogP contribution in [0.3, 0.4) is 0 Å². The monoisotopic (exact) mass is 298 g/mol. The van der Waals surface area contributed by atoms with Gasteiger partial charge in [0.25, 0.3) is 5.91 Å². The minimum atomic E-state index is -0.703. The van der Waals surface area contributed by atoms with Gasteiger partial charge in [-0.15, -0.1) is 0 Å². The van der Waals surface area contributed by atoms with E-state index < -0.39 is 18.5 Å². The maximum Gasteiger partial charge on any atom is 0.324 e. The number of nitrogens with one attached hydrogen (secondary N) is 1. The Bertz CT molecular complexity index is 614. The number of aliphatic hydroxyl groups is 1. The van der Waals surface area contributed by atoms with Crippen LogP contribution in [0.15, 0.2) is 60.7 Å². The molecule has 2 rings (SSSR count). The third-order valence-electron chi connectivity index (χ3n) is 3.15. The van der Waals surface area contributed by atoms with Crippen LogP contribution in [0, 0.1) is 0 Å². The number of carbonyl (C=O) groups excluding carboxylic acids is 2. The van der Waals surface area contributed by atoms with Gasteiger partial charge in [0.1, 0.15) is 6.61 Å². The van der Waals surface area contributed by atoms with Crippen LogP contribution in [0.1, 0.15) is 11.1 Å². The fourth-order valence-corrected chi connectivity index (χ4v) is 1.99. The van der Waals surface area contributed by atoms with Gasteiger partial charge in [0.2, 0.25) is 0 Å². The van der Waals surface area contributed by atoms with Crippen LogP contribution in [-0.2, 0) is 17.9 Å². The predicted octanol–water partition coefficient (Wildman–Crippen LogP) is 1.92. The molecular formula is C17H18N2O3. The first-order chi connectivity index (χ1) is 10.7. The lowest BCUT2D eigenvalue weighted by Crippen LogP contribution is -2.44. The first-order valence-electron chi connectivity index (χ1n) is 6.97. The Labute approximate surface area is 129 Å². The topological polar surface area (TPSA) is 69.6 Å². The average Bonchev–Trinajstić information content (AvgIpc) is 2.58. The average molecular weight is 298 g/mol. The number of aliphatic hydroxyl groups excluding tert-OH is 1. The van der Waals surface area contributed by atoms with E-state index in [1.807, 2.05) is 60.7 Å². The smallest absolute Gasteiger partial charge is 0.324 e. The number of benzene rings is 2. The van der Waals surface area contributed by atoms with E-state index in [-0.39, 0.29) is 6.54 Å². The largest absolute Gasteiger partial charge is 0.387 e. The first-order valence-corrected chi connectivity index (χ1v) is 6.97. The summed E-state index contributed by atoms with van der Waals surface area (Å²) in [6, 6.07) is 18.1. The van der Waals surface area contributed by atoms with Crippen LogP contribution >= 0.6 is 0 Å². The molecule has 2 aromatic carbocycles. The molecule has 0 spiro atoms. The Balaban J connectivity index is 2.02. The number of rotatable bonds is 5. The summed E-state index contributed by atoms with van der Waals surface area (Å²) in [4.78, 5) is 25.0. The van der Waals surface area contributed by atoms with Gasteiger partial charge in [0.15, 0.2) is 0 Å². The Morgan fingerprint density at radius 3 is 2.00 bits per heavy atom. The Kier molecular flexibility index (Phi) is 5.68. The van der Waals surface area contributed by atoms with Crippen molar-refractivity contribution in [2.75, 3.05) is 6.61 Å². The van der Waals surface area contributed by atoms with E-state index in [0.717, 1.165) is 16.0 Å². The number of hydrogen-bond donors (Lipinski definition) is 2. The highest BCUT2D eigenvalue weighted by Gasteiger charge is 2.20. The van der Waals surface area contributed by atoms with Crippen molar-refractivity contribution >= 4 is 11.9 Å². The molecule has 5 nitrogen and oxygen atoms in total. The number of hydrogen-bond acceptors (Lipinski definition) is 3. The second kappa shape index (κ2) is 7.95. The highest BCUT2D eigenvalue weighted by molar-refractivity contribution is 5.94. The Hall–Kier alpha value is -2.66. The maximum absolute atomic E-state index is 12.2. The van der Waals surface area contributed by atoms with Crippen molar-refractivity contribution < 1.29 is 14.7 Å². The molecule has 0 aromatic heterocycles. The molecule has 0 fully saturated rings. The van der Waals surface area contributed by atoms with E-state index >= 15 is 0 Å². The summed E-state index contributed by atoms with van der Waals surface area (Å²) in [5, 5.41) is 11.7. The predicted molar refractivity (Wildman–Crippen MR) is 82.8 cm³/mol. The zero-order chi connectivity index (χ0) is 15.8. The molecule has 0 saturated heterocycles. The van der Waals surface area contributed by atoms with Crippen LogP contribution in [0.4, 0.5) is 4.79 Å². The van der Waals surface area contributed by atoms with Crippen LogP contribution in [0.25, 0.3) is 0 Å². The summed E-state index contributed by atoms with van der Waals surface area (Å²) in [5.41, 5.74) is 1.76. The van der Waals surface area contributed by atoms with Crippen molar-refractivity contribution in [3.8, 4) is 0 Å². The van der Waals surface area contributed by atoms with Crippen molar-refractivity contribution in [3.05, 3.63) is 71.8 Å². The van der Waals surface area contributed by atoms with Crippen molar-refractivity contribution in [3.63, 3.8) is 0 Å². The second-order valence-corrected chi connectivity index (χ2v) is 4.77. The van der Waals surface area contributed by atoms with Gasteiger partial charge in [-0.2, -0.15) is 0 Å². The lowest BCUT2D eigenvalue weighted by molar-refractivity contribution is -0.131. The number of nitrogens with zero attached hydrogens (tertiary/aromatic N) is 1. The van der Waals surface area contributed by atoms with E-state index in [9.17, 15) is 9.59 Å². The standard InChI is InChI=1S/C17H18N2O3/c20-13-16(21)19(12-15-9-5-2-6-10-15)17(22)18-11-14-7-3-1-4-8-14/h1-10,20H,11-13H2,(H,18,22). The van der Waals surface area contributed by atoms with E-state index in [1.54, 1.807) is 0 Å². The van der Waals surface area contributed by atoms with Gasteiger partial charge in [0.05, 0.1) is 6.54 Å². The molecule has 2 N–H and O–H groups in total. The van der Waals surface area contributed by atoms with Gasteiger partial charge in [-0.05, 0) is 11.1 Å². The van der Waals surface area contributed by atoms with Gasteiger partial charge in [-0.3, -0.25) is 9.69 Å². The molecule has 0 radical (unpaired) electrons. The van der Waals surface area contributed by atoms with Crippen molar-refractivity contribution in [1.29, 1.82) is 0 Å². The SMILES string of the molecule is O=C(CO)N(Cc1ccccc1)C(=O)NCc1ccccc1. The molecule has 0 aliphatic carbocycles. The highest BCUT2D eigenvalue weighted by Crippen LogP contribution is 2.06. The molecule has 0 bridgehead atoms. The Morgan fingerprint density at radius 1 is 0.909 bits per heavy atom. The zero-order valence-electron chi connectivity index (χ0n) is 12.1. The summed E-state index contributed by atoms with van der Waals surface area (Å²) < 4.78 is 0. The molecule has 0 aliphatic rings. The normalized spacial score (nSPS) is 10.0. The van der Waals surface area contributed by atoms with Crippen LogP contribution in [-0.4, -0.2) is 28.6 Å². The van der Waals surface area contributed by atoms with Crippen molar-refractivity contribution in [2.24, 2.45) is 0 Å². The van der Waals surface area contributed by atoms with Gasteiger partial charge in [-0.1, -0.05) is 60.7 Å². The van der Waals surface area contributed by atoms with Gasteiger partial charge < -0.3 is 10.4 Å². The number of carbonyl (C=O) groups is 2. The molecular weight excluding hydrogens is 280 g/mol. The van der Waals surface area contributed by atoms with E-state index in [0.29, 0.717) is 6.54 Å². The molecule has 114 valence electrons. The minimum absolute atomic E-state index is 0.126. The summed E-state index contributed by atoms with van der Waals surface area (Å²) in [6.07, 6.45) is 0. The molecule has 2 aromatic rings. The fraction of sp³-hybridized carbons (Fsp3) is 0.176. The maximum atomic E-state index is 12.2. The molecule has 0 atom stereocenters. The molecule has 22 heavy (non-hydrogen) atoms. The summed E-state index contributed by atoms with van der Waals surface area (Å²) in [6.45, 7) is -0.254. The molecule has 0 heterocycles. The Morgan fingerprint density at radius 2 is 1.45 bits per heavy atom. The highest BCUT2D eigenvalue weighted by atomic mass is 16.3. The number of urea groups is 1. The molecule has 0 unspecified atom stereocenters. The first kappa shape index (κ1) is 15.7. The summed E-state index contributed by atoms with van der Waals surface area (Å²) in [5.74, 6) is -0.630. The van der Waals surface area contributed by atoms with Crippen LogP contribution < -0.4 is 5.32 Å². The molecule has 0 aliphatic heterocycles. The number of amides is 3. The van der Waals surface area contributed by atoms with Crippen LogP contribution in [0.5, 0.6) is 0 Å². The lowest BCUT2D eigenvalue weighted by atomic mass is 10.2. The van der Waals surface area contributed by atoms with E-state index in [4.69, 9.17) is 5.11 Å². The van der Waals surface area contributed by atoms with E-state index in [1.165, 1.54) is 0 Å². The van der Waals surface area contributed by atoms with Gasteiger partial charge in [-0.25, -0.2) is 4.79 Å². The molecule has 3 amide bonds. The summed E-state index contributed by atoms with van der Waals surface area (Å²) >= 11 is 0. The quantitative estimate of drug-likeness (QED) is 0.886. The van der Waals surface area contributed by atoms with E-state index in [2.05, 4.69) is 5.32 Å². The van der Waals surface area contributed by atoms with Gasteiger partial charge in [0, 0.05) is 6.54 Å². The fourth-order valence-electron chi connectivity index (χ4n) is 1.99. The minimum Gasteiger partial charge on any atom is -0.387 e. The lowest BCUT2D eigenvalue weighted by Gasteiger charge is -2.20.